The second kappa shape index (κ2) is 4.91. The van der Waals surface area contributed by atoms with Crippen molar-refractivity contribution in [3.05, 3.63) is 76.5 Å². The van der Waals surface area contributed by atoms with Crippen LogP contribution in [-0.2, 0) is 0 Å². The molecule has 0 amide bonds. The topological polar surface area (TPSA) is 61.0 Å². The smallest absolute Gasteiger partial charge is 0.287 e. The molecule has 0 aliphatic rings. The van der Waals surface area contributed by atoms with Gasteiger partial charge in [-0.25, -0.2) is 4.98 Å². The average molecular weight is 303 g/mol. The van der Waals surface area contributed by atoms with Crippen molar-refractivity contribution in [2.45, 2.75) is 6.92 Å². The number of aromatic nitrogens is 2. The molecule has 0 spiro atoms. The Kier molecular flexibility index (Phi) is 2.87. The van der Waals surface area contributed by atoms with E-state index in [9.17, 15) is 10.1 Å². The molecule has 0 fully saturated rings. The van der Waals surface area contributed by atoms with E-state index in [-0.39, 0.29) is 10.6 Å². The van der Waals surface area contributed by atoms with Gasteiger partial charge < -0.3 is 0 Å². The summed E-state index contributed by atoms with van der Waals surface area (Å²) in [5, 5.41) is 13.4. The molecule has 23 heavy (non-hydrogen) atoms. The number of hydrogen-bond donors (Lipinski definition) is 0. The molecule has 4 rings (SSSR count). The van der Waals surface area contributed by atoms with Crippen LogP contribution in [0.1, 0.15) is 5.56 Å². The number of para-hydroxylation sites is 2. The van der Waals surface area contributed by atoms with Crippen molar-refractivity contribution in [2.24, 2.45) is 0 Å². The molecule has 0 aliphatic carbocycles. The molecule has 0 radical (unpaired) electrons. The van der Waals surface area contributed by atoms with Crippen LogP contribution >= 0.6 is 0 Å². The van der Waals surface area contributed by atoms with E-state index in [1.165, 1.54) is 6.07 Å². The van der Waals surface area contributed by atoms with Crippen LogP contribution in [0, 0.1) is 17.0 Å². The number of nitrogens with zero attached hydrogens (tertiary/aromatic N) is 3. The summed E-state index contributed by atoms with van der Waals surface area (Å²) in [5.41, 5.74) is 2.55. The molecule has 0 aliphatic heterocycles. The SMILES string of the molecule is Cc1cccnc1-n1c2ccccc2c2cccc([N+](=O)[O-])c21. The molecular weight excluding hydrogens is 290 g/mol. The summed E-state index contributed by atoms with van der Waals surface area (Å²) in [6.45, 7) is 1.96. The summed E-state index contributed by atoms with van der Waals surface area (Å²) < 4.78 is 1.89. The Morgan fingerprint density at radius 1 is 1.00 bits per heavy atom. The summed E-state index contributed by atoms with van der Waals surface area (Å²) in [7, 11) is 0. The van der Waals surface area contributed by atoms with Crippen LogP contribution in [0.2, 0.25) is 0 Å². The monoisotopic (exact) mass is 303 g/mol. The number of hydrogen-bond acceptors (Lipinski definition) is 3. The fourth-order valence-corrected chi connectivity index (χ4v) is 3.08. The Hall–Kier alpha value is -3.21. The number of non-ortho nitro benzene ring substituents is 1. The van der Waals surface area contributed by atoms with Gasteiger partial charge in [0, 0.05) is 23.0 Å². The molecule has 0 atom stereocenters. The maximum atomic E-state index is 11.5. The number of pyridine rings is 1. The van der Waals surface area contributed by atoms with Crippen molar-refractivity contribution in [1.82, 2.24) is 9.55 Å². The molecular formula is C18H13N3O2. The van der Waals surface area contributed by atoms with Gasteiger partial charge in [0.05, 0.1) is 10.4 Å². The Morgan fingerprint density at radius 2 is 1.78 bits per heavy atom. The summed E-state index contributed by atoms with van der Waals surface area (Å²) in [5.74, 6) is 0.716. The van der Waals surface area contributed by atoms with Crippen LogP contribution in [0.5, 0.6) is 0 Å². The molecule has 4 aromatic rings. The van der Waals surface area contributed by atoms with Crippen molar-refractivity contribution in [2.75, 3.05) is 0 Å². The van der Waals surface area contributed by atoms with Crippen molar-refractivity contribution >= 4 is 27.5 Å². The summed E-state index contributed by atoms with van der Waals surface area (Å²) in [4.78, 5) is 15.7. The molecule has 2 heterocycles. The van der Waals surface area contributed by atoms with Gasteiger partial charge in [0.1, 0.15) is 11.3 Å². The molecule has 0 N–H and O–H groups in total. The van der Waals surface area contributed by atoms with E-state index in [2.05, 4.69) is 4.98 Å². The number of rotatable bonds is 2. The lowest BCUT2D eigenvalue weighted by Gasteiger charge is -2.09. The van der Waals surface area contributed by atoms with Crippen LogP contribution in [0.3, 0.4) is 0 Å². The van der Waals surface area contributed by atoms with Crippen molar-refractivity contribution in [1.29, 1.82) is 0 Å². The Labute approximate surface area is 132 Å². The van der Waals surface area contributed by atoms with Gasteiger partial charge >= 0.3 is 0 Å². The second-order valence-corrected chi connectivity index (χ2v) is 5.43. The second-order valence-electron chi connectivity index (χ2n) is 5.43. The van der Waals surface area contributed by atoms with Gasteiger partial charge in [-0.2, -0.15) is 0 Å². The minimum absolute atomic E-state index is 0.0868. The molecule has 2 aromatic heterocycles. The van der Waals surface area contributed by atoms with Crippen LogP contribution in [-0.4, -0.2) is 14.5 Å². The maximum Gasteiger partial charge on any atom is 0.293 e. The number of aryl methyl sites for hydroxylation is 1. The van der Waals surface area contributed by atoms with Crippen LogP contribution in [0.15, 0.2) is 60.8 Å². The molecule has 0 saturated heterocycles. The van der Waals surface area contributed by atoms with Crippen molar-refractivity contribution in [3.8, 4) is 5.82 Å². The van der Waals surface area contributed by atoms with Gasteiger partial charge in [-0.05, 0) is 24.6 Å². The van der Waals surface area contributed by atoms with E-state index in [4.69, 9.17) is 0 Å². The minimum Gasteiger partial charge on any atom is -0.287 e. The van der Waals surface area contributed by atoms with Gasteiger partial charge in [-0.15, -0.1) is 0 Å². The summed E-state index contributed by atoms with van der Waals surface area (Å²) in [6, 6.07) is 16.8. The number of nitro groups is 1. The van der Waals surface area contributed by atoms with E-state index in [0.717, 1.165) is 21.9 Å². The van der Waals surface area contributed by atoms with E-state index in [1.807, 2.05) is 54.0 Å². The van der Waals surface area contributed by atoms with E-state index in [0.29, 0.717) is 11.3 Å². The predicted molar refractivity (Wildman–Crippen MR) is 90.0 cm³/mol. The zero-order valence-electron chi connectivity index (χ0n) is 12.4. The van der Waals surface area contributed by atoms with Gasteiger partial charge in [-0.3, -0.25) is 14.7 Å². The fourth-order valence-electron chi connectivity index (χ4n) is 3.08. The van der Waals surface area contributed by atoms with Gasteiger partial charge in [0.25, 0.3) is 5.69 Å². The third kappa shape index (κ3) is 1.90. The first-order valence-corrected chi connectivity index (χ1v) is 7.27. The van der Waals surface area contributed by atoms with Gasteiger partial charge in [-0.1, -0.05) is 36.4 Å². The third-order valence-corrected chi connectivity index (χ3v) is 4.06. The van der Waals surface area contributed by atoms with Gasteiger partial charge in [0.15, 0.2) is 0 Å². The molecule has 0 bridgehead atoms. The maximum absolute atomic E-state index is 11.5. The highest BCUT2D eigenvalue weighted by atomic mass is 16.6. The van der Waals surface area contributed by atoms with Crippen LogP contribution in [0.4, 0.5) is 5.69 Å². The number of benzene rings is 2. The Bertz CT molecular complexity index is 1070. The van der Waals surface area contributed by atoms with E-state index < -0.39 is 0 Å². The number of nitro benzene ring substituents is 1. The first-order valence-electron chi connectivity index (χ1n) is 7.27. The van der Waals surface area contributed by atoms with E-state index in [1.54, 1.807) is 12.3 Å². The molecule has 5 nitrogen and oxygen atoms in total. The zero-order valence-corrected chi connectivity index (χ0v) is 12.4. The quantitative estimate of drug-likeness (QED) is 0.407. The van der Waals surface area contributed by atoms with Crippen LogP contribution < -0.4 is 0 Å². The fraction of sp³-hybridized carbons (Fsp3) is 0.0556. The Morgan fingerprint density at radius 3 is 2.57 bits per heavy atom. The van der Waals surface area contributed by atoms with Crippen LogP contribution in [0.25, 0.3) is 27.6 Å². The van der Waals surface area contributed by atoms with E-state index >= 15 is 0 Å². The third-order valence-electron chi connectivity index (χ3n) is 4.06. The predicted octanol–water partition coefficient (Wildman–Crippen LogP) is 4.40. The lowest BCUT2D eigenvalue weighted by Crippen LogP contribution is -2.01. The largest absolute Gasteiger partial charge is 0.293 e. The summed E-state index contributed by atoms with van der Waals surface area (Å²) >= 11 is 0. The first-order chi connectivity index (χ1) is 11.2. The lowest BCUT2D eigenvalue weighted by molar-refractivity contribution is -0.383. The highest BCUT2D eigenvalue weighted by molar-refractivity contribution is 6.12. The number of fused-ring (bicyclic) bond motifs is 3. The Balaban J connectivity index is 2.29. The normalized spacial score (nSPS) is 11.2. The molecule has 5 heteroatoms. The molecule has 112 valence electrons. The molecule has 0 saturated carbocycles. The first kappa shape index (κ1) is 13.5. The van der Waals surface area contributed by atoms with Crippen molar-refractivity contribution in [3.63, 3.8) is 0 Å². The average Bonchev–Trinajstić information content (AvgIpc) is 2.90. The minimum atomic E-state index is -0.337. The zero-order chi connectivity index (χ0) is 16.0. The lowest BCUT2D eigenvalue weighted by atomic mass is 10.1. The van der Waals surface area contributed by atoms with Gasteiger partial charge in [0.2, 0.25) is 0 Å². The molecule has 2 aromatic carbocycles. The highest BCUT2D eigenvalue weighted by Crippen LogP contribution is 2.36. The van der Waals surface area contributed by atoms with Crippen molar-refractivity contribution < 1.29 is 4.92 Å². The standard InChI is InChI=1S/C18H13N3O2/c1-12-6-5-11-19-18(12)20-15-9-3-2-7-13(15)14-8-4-10-16(17(14)20)21(22)23/h2-11H,1H3. The highest BCUT2D eigenvalue weighted by Gasteiger charge is 2.21. The summed E-state index contributed by atoms with van der Waals surface area (Å²) in [6.07, 6.45) is 1.71. The molecule has 0 unspecified atom stereocenters.